The monoisotopic (exact) mass is 307 g/mol. The van der Waals surface area contributed by atoms with E-state index >= 15 is 0 Å². The van der Waals surface area contributed by atoms with Crippen LogP contribution in [0.2, 0.25) is 0 Å². The number of nitrogens with zero attached hydrogens (tertiary/aromatic N) is 3. The van der Waals surface area contributed by atoms with Crippen LogP contribution in [-0.4, -0.2) is 64.6 Å². The third-order valence-electron chi connectivity index (χ3n) is 3.99. The third kappa shape index (κ3) is 3.16. The lowest BCUT2D eigenvalue weighted by Crippen LogP contribution is -2.62. The number of pyridine rings is 1. The van der Waals surface area contributed by atoms with Gasteiger partial charge in [-0.3, -0.25) is 4.98 Å². The molecule has 0 radical (unpaired) electrons. The molecule has 2 aliphatic rings. The summed E-state index contributed by atoms with van der Waals surface area (Å²) in [4.78, 5) is 19.5. The average molecular weight is 307 g/mol. The van der Waals surface area contributed by atoms with E-state index in [4.69, 9.17) is 4.74 Å². The van der Waals surface area contributed by atoms with Crippen LogP contribution in [0.25, 0.3) is 0 Å². The van der Waals surface area contributed by atoms with Gasteiger partial charge in [0.1, 0.15) is 0 Å². The first-order chi connectivity index (χ1) is 10.1. The van der Waals surface area contributed by atoms with E-state index in [1.54, 1.807) is 25.2 Å². The van der Waals surface area contributed by atoms with Gasteiger partial charge >= 0.3 is 6.03 Å². The SMILES string of the molecule is CN(C)C(=O)N1CC2(CC(OCc3cccnc3)CS2)C1. The minimum atomic E-state index is 0.112. The van der Waals surface area contributed by atoms with E-state index in [0.29, 0.717) is 6.61 Å². The number of thioether (sulfide) groups is 1. The topological polar surface area (TPSA) is 45.7 Å². The molecule has 0 bridgehead atoms. The van der Waals surface area contributed by atoms with Crippen molar-refractivity contribution in [2.75, 3.05) is 32.9 Å². The smallest absolute Gasteiger partial charge is 0.319 e. The summed E-state index contributed by atoms with van der Waals surface area (Å²) in [6.07, 6.45) is 4.94. The second-order valence-electron chi connectivity index (χ2n) is 6.03. The van der Waals surface area contributed by atoms with Crippen molar-refractivity contribution < 1.29 is 9.53 Å². The van der Waals surface area contributed by atoms with Gasteiger partial charge in [0, 0.05) is 45.3 Å². The minimum Gasteiger partial charge on any atom is -0.373 e. The van der Waals surface area contributed by atoms with Gasteiger partial charge in [-0.15, -0.1) is 11.8 Å². The molecule has 1 unspecified atom stereocenters. The lowest BCUT2D eigenvalue weighted by atomic mass is 9.93. The number of likely N-dealkylation sites (tertiary alicyclic amines) is 1. The molecule has 21 heavy (non-hydrogen) atoms. The zero-order valence-electron chi connectivity index (χ0n) is 12.5. The highest BCUT2D eigenvalue weighted by Gasteiger charge is 2.51. The van der Waals surface area contributed by atoms with Gasteiger partial charge in [-0.05, 0) is 18.1 Å². The predicted molar refractivity (Wildman–Crippen MR) is 83.3 cm³/mol. The molecule has 1 aromatic rings. The standard InChI is InChI=1S/C15H21N3O2S/c1-17(2)14(19)18-10-15(11-18)6-13(9-21-15)20-8-12-4-3-5-16-7-12/h3-5,7,13H,6,8-11H2,1-2H3. The van der Waals surface area contributed by atoms with Gasteiger partial charge in [0.15, 0.2) is 0 Å². The van der Waals surface area contributed by atoms with Crippen molar-refractivity contribution in [1.29, 1.82) is 0 Å². The van der Waals surface area contributed by atoms with E-state index in [0.717, 1.165) is 30.8 Å². The molecule has 2 saturated heterocycles. The van der Waals surface area contributed by atoms with Gasteiger partial charge in [-0.1, -0.05) is 6.07 Å². The Balaban J connectivity index is 1.46. The van der Waals surface area contributed by atoms with Crippen LogP contribution < -0.4 is 0 Å². The highest BCUT2D eigenvalue weighted by Crippen LogP contribution is 2.46. The number of carbonyl (C=O) groups is 1. The van der Waals surface area contributed by atoms with Crippen LogP contribution in [0.5, 0.6) is 0 Å². The van der Waals surface area contributed by atoms with Crippen LogP contribution in [0.4, 0.5) is 4.79 Å². The molecule has 3 rings (SSSR count). The fourth-order valence-electron chi connectivity index (χ4n) is 2.89. The molecule has 5 nitrogen and oxygen atoms in total. The van der Waals surface area contributed by atoms with E-state index < -0.39 is 0 Å². The maximum Gasteiger partial charge on any atom is 0.319 e. The van der Waals surface area contributed by atoms with Crippen LogP contribution >= 0.6 is 11.8 Å². The van der Waals surface area contributed by atoms with Crippen molar-refractivity contribution in [2.45, 2.75) is 23.9 Å². The molecular formula is C15H21N3O2S. The van der Waals surface area contributed by atoms with Gasteiger partial charge in [-0.25, -0.2) is 4.79 Å². The van der Waals surface area contributed by atoms with Crippen LogP contribution in [0.1, 0.15) is 12.0 Å². The van der Waals surface area contributed by atoms with Gasteiger partial charge in [-0.2, -0.15) is 0 Å². The maximum atomic E-state index is 11.9. The van der Waals surface area contributed by atoms with Crippen LogP contribution in [0, 0.1) is 0 Å². The van der Waals surface area contributed by atoms with Gasteiger partial charge in [0.25, 0.3) is 0 Å². The summed E-state index contributed by atoms with van der Waals surface area (Å²) >= 11 is 1.95. The molecule has 6 heteroatoms. The van der Waals surface area contributed by atoms with Crippen molar-refractivity contribution in [1.82, 2.24) is 14.8 Å². The molecule has 0 N–H and O–H groups in total. The van der Waals surface area contributed by atoms with Gasteiger partial charge < -0.3 is 14.5 Å². The van der Waals surface area contributed by atoms with Crippen molar-refractivity contribution in [3.05, 3.63) is 30.1 Å². The quantitative estimate of drug-likeness (QED) is 0.855. The summed E-state index contributed by atoms with van der Waals surface area (Å²) in [5.74, 6) is 1.02. The Kier molecular flexibility index (Phi) is 4.08. The number of urea groups is 1. The summed E-state index contributed by atoms with van der Waals surface area (Å²) in [5.41, 5.74) is 1.11. The van der Waals surface area contributed by atoms with Crippen molar-refractivity contribution in [3.8, 4) is 0 Å². The average Bonchev–Trinajstić information content (AvgIpc) is 2.88. The van der Waals surface area contributed by atoms with E-state index in [9.17, 15) is 4.79 Å². The Morgan fingerprint density at radius 1 is 1.57 bits per heavy atom. The molecule has 1 spiro atoms. The second kappa shape index (κ2) is 5.85. The van der Waals surface area contributed by atoms with E-state index in [-0.39, 0.29) is 16.9 Å². The summed E-state index contributed by atoms with van der Waals surface area (Å²) in [6, 6.07) is 4.08. The Morgan fingerprint density at radius 3 is 3.05 bits per heavy atom. The van der Waals surface area contributed by atoms with Gasteiger partial charge in [0.05, 0.1) is 17.5 Å². The normalized spacial score (nSPS) is 23.1. The van der Waals surface area contributed by atoms with Crippen LogP contribution in [0.3, 0.4) is 0 Å². The van der Waals surface area contributed by atoms with Crippen LogP contribution in [0.15, 0.2) is 24.5 Å². The van der Waals surface area contributed by atoms with Crippen molar-refractivity contribution in [2.24, 2.45) is 0 Å². The van der Waals surface area contributed by atoms with Crippen molar-refractivity contribution in [3.63, 3.8) is 0 Å². The predicted octanol–water partition coefficient (Wildman–Crippen LogP) is 1.84. The summed E-state index contributed by atoms with van der Waals surface area (Å²) < 4.78 is 6.22. The lowest BCUT2D eigenvalue weighted by molar-refractivity contribution is 0.0324. The first-order valence-electron chi connectivity index (χ1n) is 7.19. The Labute approximate surface area is 129 Å². The first-order valence-corrected chi connectivity index (χ1v) is 8.17. The fourth-order valence-corrected chi connectivity index (χ4v) is 4.45. The molecular weight excluding hydrogens is 286 g/mol. The molecule has 2 fully saturated rings. The molecule has 3 heterocycles. The molecule has 0 aromatic carbocycles. The third-order valence-corrected chi connectivity index (χ3v) is 5.57. The zero-order chi connectivity index (χ0) is 14.9. The second-order valence-corrected chi connectivity index (χ2v) is 7.51. The highest BCUT2D eigenvalue weighted by molar-refractivity contribution is 8.01. The summed E-state index contributed by atoms with van der Waals surface area (Å²) in [6.45, 7) is 2.32. The molecule has 114 valence electrons. The Hall–Kier alpha value is -1.27. The number of ether oxygens (including phenoxy) is 1. The van der Waals surface area contributed by atoms with Crippen LogP contribution in [-0.2, 0) is 11.3 Å². The largest absolute Gasteiger partial charge is 0.373 e. The lowest BCUT2D eigenvalue weighted by Gasteiger charge is -2.48. The first kappa shape index (κ1) is 14.7. The summed E-state index contributed by atoms with van der Waals surface area (Å²) in [7, 11) is 3.60. The molecule has 2 aliphatic heterocycles. The zero-order valence-corrected chi connectivity index (χ0v) is 13.3. The Bertz CT molecular complexity index is 503. The van der Waals surface area contributed by atoms with E-state index in [1.807, 2.05) is 35.0 Å². The number of hydrogen-bond acceptors (Lipinski definition) is 4. The molecule has 0 aliphatic carbocycles. The highest BCUT2D eigenvalue weighted by atomic mass is 32.2. The Morgan fingerprint density at radius 2 is 2.38 bits per heavy atom. The number of carbonyl (C=O) groups excluding carboxylic acids is 1. The summed E-state index contributed by atoms with van der Waals surface area (Å²) in [5, 5.41) is 0. The molecule has 0 saturated carbocycles. The number of hydrogen-bond donors (Lipinski definition) is 0. The molecule has 2 amide bonds. The van der Waals surface area contributed by atoms with Gasteiger partial charge in [0.2, 0.25) is 0 Å². The fraction of sp³-hybridized carbons (Fsp3) is 0.600. The number of aromatic nitrogens is 1. The maximum absolute atomic E-state index is 11.9. The number of rotatable bonds is 3. The molecule has 1 aromatic heterocycles. The molecule has 1 atom stereocenters. The number of amides is 2. The van der Waals surface area contributed by atoms with E-state index in [1.165, 1.54) is 0 Å². The van der Waals surface area contributed by atoms with E-state index in [2.05, 4.69) is 4.98 Å². The minimum absolute atomic E-state index is 0.112. The van der Waals surface area contributed by atoms with Crippen molar-refractivity contribution >= 4 is 17.8 Å².